The van der Waals surface area contributed by atoms with Gasteiger partial charge in [-0.05, 0) is 62.8 Å². The van der Waals surface area contributed by atoms with Gasteiger partial charge in [0.1, 0.15) is 5.82 Å². The summed E-state index contributed by atoms with van der Waals surface area (Å²) in [5, 5.41) is 0.633. The fourth-order valence-corrected chi connectivity index (χ4v) is 6.19. The Hall–Kier alpha value is -1.83. The van der Waals surface area contributed by atoms with Crippen LogP contribution in [0.3, 0.4) is 0 Å². The molecule has 29 heavy (non-hydrogen) atoms. The monoisotopic (exact) mass is 434 g/mol. The number of benzene rings is 2. The number of fused-ring (bicyclic) bond motifs is 1. The fourth-order valence-electron chi connectivity index (χ4n) is 3.29. The lowest BCUT2D eigenvalue weighted by molar-refractivity contribution is 0.437. The second-order valence-corrected chi connectivity index (χ2v) is 10.6. The minimum atomic E-state index is -3.80. The molecule has 0 radical (unpaired) electrons. The van der Waals surface area contributed by atoms with Gasteiger partial charge in [0.15, 0.2) is 0 Å². The first kappa shape index (κ1) is 21.9. The molecule has 0 aliphatic carbocycles. The predicted octanol–water partition coefficient (Wildman–Crippen LogP) is 5.10. The molecular formula is C22H27FN2O2S2. The summed E-state index contributed by atoms with van der Waals surface area (Å²) in [6.45, 7) is 6.77. The average molecular weight is 435 g/mol. The minimum absolute atomic E-state index is 0.232. The van der Waals surface area contributed by atoms with E-state index in [2.05, 4.69) is 18.7 Å². The van der Waals surface area contributed by atoms with Gasteiger partial charge in [-0.15, -0.1) is 11.8 Å². The molecule has 0 aliphatic heterocycles. The fraction of sp³-hybridized carbons (Fsp3) is 0.364. The molecule has 1 aromatic heterocycles. The molecule has 1 heterocycles. The van der Waals surface area contributed by atoms with Crippen molar-refractivity contribution in [2.24, 2.45) is 0 Å². The van der Waals surface area contributed by atoms with E-state index >= 15 is 0 Å². The van der Waals surface area contributed by atoms with Crippen LogP contribution in [0, 0.1) is 12.7 Å². The van der Waals surface area contributed by atoms with Crippen LogP contribution in [-0.2, 0) is 10.0 Å². The van der Waals surface area contributed by atoms with Gasteiger partial charge in [-0.1, -0.05) is 26.0 Å². The van der Waals surface area contributed by atoms with Gasteiger partial charge in [-0.2, -0.15) is 0 Å². The summed E-state index contributed by atoms with van der Waals surface area (Å²) >= 11 is 1.56. The lowest BCUT2D eigenvalue weighted by Crippen LogP contribution is -2.15. The van der Waals surface area contributed by atoms with Gasteiger partial charge in [-0.3, -0.25) is 0 Å². The summed E-state index contributed by atoms with van der Waals surface area (Å²) in [6, 6.07) is 11.3. The quantitative estimate of drug-likeness (QED) is 0.485. The van der Waals surface area contributed by atoms with Crippen molar-refractivity contribution in [2.45, 2.75) is 36.5 Å². The van der Waals surface area contributed by atoms with Crippen molar-refractivity contribution in [1.29, 1.82) is 0 Å². The van der Waals surface area contributed by atoms with Crippen LogP contribution in [0.5, 0.6) is 0 Å². The molecule has 0 amide bonds. The van der Waals surface area contributed by atoms with Crippen LogP contribution < -0.4 is 0 Å². The minimum Gasteiger partial charge on any atom is -0.309 e. The van der Waals surface area contributed by atoms with Gasteiger partial charge >= 0.3 is 0 Å². The van der Waals surface area contributed by atoms with E-state index in [1.54, 1.807) is 36.9 Å². The maximum Gasteiger partial charge on any atom is 0.268 e. The molecule has 3 rings (SSSR count). The molecule has 3 aromatic rings. The Balaban J connectivity index is 2.14. The van der Waals surface area contributed by atoms with E-state index in [9.17, 15) is 12.8 Å². The van der Waals surface area contributed by atoms with Gasteiger partial charge in [-0.25, -0.2) is 16.8 Å². The van der Waals surface area contributed by atoms with Crippen molar-refractivity contribution in [3.8, 4) is 0 Å². The van der Waals surface area contributed by atoms with Crippen molar-refractivity contribution >= 4 is 32.7 Å². The van der Waals surface area contributed by atoms with Crippen molar-refractivity contribution in [3.63, 3.8) is 0 Å². The van der Waals surface area contributed by atoms with Gasteiger partial charge in [0.05, 0.1) is 10.4 Å². The van der Waals surface area contributed by atoms with E-state index in [1.807, 2.05) is 26.2 Å². The molecule has 0 aliphatic rings. The smallest absolute Gasteiger partial charge is 0.268 e. The molecule has 0 N–H and O–H groups in total. The molecule has 156 valence electrons. The van der Waals surface area contributed by atoms with Crippen molar-refractivity contribution < 1.29 is 12.8 Å². The highest BCUT2D eigenvalue weighted by Gasteiger charge is 2.25. The Bertz CT molecular complexity index is 1120. The molecule has 0 atom stereocenters. The standard InChI is InChI=1S/C22H27FN2O2S2/c1-15(2)17-6-9-19(10-7-17)29(26,27)25-16(3)22(28-13-12-24(4)5)20-14-18(23)8-11-21(20)25/h6-11,14-15H,12-13H2,1-5H3. The number of hydrogen-bond acceptors (Lipinski definition) is 4. The average Bonchev–Trinajstić information content (AvgIpc) is 2.93. The third-order valence-corrected chi connectivity index (χ3v) is 7.94. The van der Waals surface area contributed by atoms with Crippen molar-refractivity contribution in [1.82, 2.24) is 8.87 Å². The van der Waals surface area contributed by atoms with E-state index in [1.165, 1.54) is 16.1 Å². The van der Waals surface area contributed by atoms with Crippen molar-refractivity contribution in [3.05, 3.63) is 59.5 Å². The summed E-state index contributed by atoms with van der Waals surface area (Å²) in [5.74, 6) is 0.735. The van der Waals surface area contributed by atoms with Crippen LogP contribution in [0.4, 0.5) is 4.39 Å². The normalized spacial score (nSPS) is 12.4. The summed E-state index contributed by atoms with van der Waals surface area (Å²) < 4.78 is 42.3. The Morgan fingerprint density at radius 1 is 1.10 bits per heavy atom. The lowest BCUT2D eigenvalue weighted by atomic mass is 10.0. The summed E-state index contributed by atoms with van der Waals surface area (Å²) in [6.07, 6.45) is 0. The second-order valence-electron chi connectivity index (χ2n) is 7.72. The van der Waals surface area contributed by atoms with Crippen LogP contribution in [-0.4, -0.2) is 43.7 Å². The van der Waals surface area contributed by atoms with Crippen LogP contribution >= 0.6 is 11.8 Å². The van der Waals surface area contributed by atoms with Crippen LogP contribution in [0.1, 0.15) is 31.0 Å². The number of nitrogens with zero attached hydrogens (tertiary/aromatic N) is 2. The van der Waals surface area contributed by atoms with Crippen LogP contribution in [0.2, 0.25) is 0 Å². The zero-order valence-electron chi connectivity index (χ0n) is 17.4. The highest BCUT2D eigenvalue weighted by atomic mass is 32.2. The maximum atomic E-state index is 14.0. The maximum absolute atomic E-state index is 14.0. The largest absolute Gasteiger partial charge is 0.309 e. The Morgan fingerprint density at radius 2 is 1.76 bits per heavy atom. The highest BCUT2D eigenvalue weighted by molar-refractivity contribution is 7.99. The molecule has 0 bridgehead atoms. The second kappa shape index (κ2) is 8.50. The molecule has 7 heteroatoms. The van der Waals surface area contributed by atoms with Gasteiger partial charge in [0.25, 0.3) is 10.0 Å². The molecule has 0 spiro atoms. The number of aromatic nitrogens is 1. The van der Waals surface area contributed by atoms with Crippen LogP contribution in [0.15, 0.2) is 52.3 Å². The molecule has 2 aromatic carbocycles. The van der Waals surface area contributed by atoms with Crippen LogP contribution in [0.25, 0.3) is 10.9 Å². The molecule has 0 fully saturated rings. The SMILES string of the molecule is Cc1c(SCCN(C)C)c2cc(F)ccc2n1S(=O)(=O)c1ccc(C(C)C)cc1. The van der Waals surface area contributed by atoms with E-state index in [4.69, 9.17) is 0 Å². The molecular weight excluding hydrogens is 407 g/mol. The van der Waals surface area contributed by atoms with E-state index in [0.717, 1.165) is 22.8 Å². The Labute approximate surface area is 176 Å². The number of halogens is 1. The Kier molecular flexibility index (Phi) is 6.41. The van der Waals surface area contributed by atoms with E-state index < -0.39 is 10.0 Å². The van der Waals surface area contributed by atoms with E-state index in [0.29, 0.717) is 22.5 Å². The van der Waals surface area contributed by atoms with Gasteiger partial charge in [0.2, 0.25) is 0 Å². The molecule has 4 nitrogen and oxygen atoms in total. The first-order valence-electron chi connectivity index (χ1n) is 9.56. The number of thioether (sulfide) groups is 1. The van der Waals surface area contributed by atoms with Crippen molar-refractivity contribution in [2.75, 3.05) is 26.4 Å². The molecule has 0 saturated carbocycles. The topological polar surface area (TPSA) is 42.3 Å². The number of hydrogen-bond donors (Lipinski definition) is 0. The van der Waals surface area contributed by atoms with Gasteiger partial charge in [0, 0.05) is 28.3 Å². The molecule has 0 unspecified atom stereocenters. The summed E-state index contributed by atoms with van der Waals surface area (Å²) in [4.78, 5) is 3.11. The summed E-state index contributed by atoms with van der Waals surface area (Å²) in [7, 11) is 0.174. The first-order valence-corrected chi connectivity index (χ1v) is 12.0. The number of rotatable bonds is 7. The third kappa shape index (κ3) is 4.37. The first-order chi connectivity index (χ1) is 13.6. The van der Waals surface area contributed by atoms with Gasteiger partial charge < -0.3 is 4.90 Å². The summed E-state index contributed by atoms with van der Waals surface area (Å²) in [5.41, 5.74) is 2.20. The zero-order valence-corrected chi connectivity index (χ0v) is 19.1. The lowest BCUT2D eigenvalue weighted by Gasteiger charge is -2.12. The predicted molar refractivity (Wildman–Crippen MR) is 119 cm³/mol. The zero-order chi connectivity index (χ0) is 21.3. The Morgan fingerprint density at radius 3 is 2.34 bits per heavy atom. The highest BCUT2D eigenvalue weighted by Crippen LogP contribution is 2.37. The third-order valence-electron chi connectivity index (χ3n) is 4.93. The van der Waals surface area contributed by atoms with E-state index in [-0.39, 0.29) is 10.7 Å². The molecule has 0 saturated heterocycles.